The summed E-state index contributed by atoms with van der Waals surface area (Å²) < 4.78 is 10.5. The van der Waals surface area contributed by atoms with Gasteiger partial charge in [-0.3, -0.25) is 4.79 Å². The molecule has 0 fully saturated rings. The third-order valence-electron chi connectivity index (χ3n) is 4.45. The first-order valence-electron chi connectivity index (χ1n) is 9.22. The molecule has 5 nitrogen and oxygen atoms in total. The molecule has 0 N–H and O–H groups in total. The lowest BCUT2D eigenvalue weighted by molar-refractivity contribution is -0.144. The van der Waals surface area contributed by atoms with Crippen molar-refractivity contribution in [1.29, 1.82) is 0 Å². The fourth-order valence-electron chi connectivity index (χ4n) is 2.74. The maximum absolute atomic E-state index is 12.3. The molecule has 148 valence electrons. The number of carbonyl (C=O) groups is 1. The number of nitrogens with zero attached hydrogens (tertiary/aromatic N) is 2. The van der Waals surface area contributed by atoms with Crippen molar-refractivity contribution in [1.82, 2.24) is 9.97 Å². The smallest absolute Gasteiger partial charge is 0.319 e. The lowest BCUT2D eigenvalue weighted by atomic mass is 10.0. The van der Waals surface area contributed by atoms with Gasteiger partial charge in [-0.15, -0.1) is 11.3 Å². The molecule has 0 saturated carbocycles. The zero-order valence-electron chi connectivity index (χ0n) is 16.5. The number of hydrogen-bond donors (Lipinski definition) is 0. The second-order valence-corrected chi connectivity index (χ2v) is 8.62. The van der Waals surface area contributed by atoms with Gasteiger partial charge in [0.1, 0.15) is 28.0 Å². The summed E-state index contributed by atoms with van der Waals surface area (Å²) in [6.07, 6.45) is 1.55. The van der Waals surface area contributed by atoms with Gasteiger partial charge >= 0.3 is 5.97 Å². The molecule has 3 rings (SSSR count). The lowest BCUT2D eigenvalue weighted by Crippen LogP contribution is -2.19. The molecule has 7 heteroatoms. The predicted octanol–water partition coefficient (Wildman–Crippen LogP) is 5.04. The van der Waals surface area contributed by atoms with E-state index in [9.17, 15) is 4.79 Å². The molecule has 0 aliphatic rings. The Morgan fingerprint density at radius 3 is 2.79 bits per heavy atom. The van der Waals surface area contributed by atoms with E-state index in [1.807, 2.05) is 13.8 Å². The first kappa shape index (κ1) is 20.8. The average Bonchev–Trinajstić information content (AvgIpc) is 3.12. The number of rotatable bonds is 8. The molecule has 2 heterocycles. The van der Waals surface area contributed by atoms with E-state index in [0.717, 1.165) is 26.4 Å². The molecular weight excluding hydrogens is 392 g/mol. The zero-order chi connectivity index (χ0) is 20.1. The van der Waals surface area contributed by atoms with Gasteiger partial charge in [0.2, 0.25) is 0 Å². The van der Waals surface area contributed by atoms with Crippen molar-refractivity contribution >= 4 is 39.3 Å². The van der Waals surface area contributed by atoms with Crippen LogP contribution in [0.4, 0.5) is 0 Å². The first-order valence-corrected chi connectivity index (χ1v) is 11.0. The van der Waals surface area contributed by atoms with Crippen LogP contribution in [0.2, 0.25) is 0 Å². The van der Waals surface area contributed by atoms with E-state index >= 15 is 0 Å². The van der Waals surface area contributed by atoms with E-state index in [-0.39, 0.29) is 17.8 Å². The van der Waals surface area contributed by atoms with Crippen LogP contribution >= 0.6 is 23.1 Å². The van der Waals surface area contributed by atoms with Crippen molar-refractivity contribution in [3.8, 4) is 11.1 Å². The molecule has 0 bridgehead atoms. The van der Waals surface area contributed by atoms with Gasteiger partial charge < -0.3 is 9.47 Å². The molecule has 1 atom stereocenters. The summed E-state index contributed by atoms with van der Waals surface area (Å²) in [4.78, 5) is 22.1. The van der Waals surface area contributed by atoms with Crippen molar-refractivity contribution in [3.05, 3.63) is 41.0 Å². The maximum atomic E-state index is 12.3. The van der Waals surface area contributed by atoms with Crippen LogP contribution in [0.5, 0.6) is 0 Å². The number of thiophene rings is 1. The topological polar surface area (TPSA) is 61.3 Å². The number of ether oxygens (including phenoxy) is 2. The van der Waals surface area contributed by atoms with Crippen LogP contribution in [0.3, 0.4) is 0 Å². The molecule has 0 radical (unpaired) electrons. The van der Waals surface area contributed by atoms with E-state index < -0.39 is 0 Å². The molecule has 1 aromatic carbocycles. The number of aromatic nitrogens is 2. The Morgan fingerprint density at radius 1 is 1.21 bits per heavy atom. The van der Waals surface area contributed by atoms with Crippen molar-refractivity contribution < 1.29 is 14.3 Å². The van der Waals surface area contributed by atoms with Gasteiger partial charge in [0, 0.05) is 17.6 Å². The maximum Gasteiger partial charge on any atom is 0.319 e. The lowest BCUT2D eigenvalue weighted by Gasteiger charge is -2.12. The summed E-state index contributed by atoms with van der Waals surface area (Å²) in [6, 6.07) is 6.43. The monoisotopic (exact) mass is 416 g/mol. The molecule has 0 unspecified atom stereocenters. The second-order valence-electron chi connectivity index (χ2n) is 6.43. The Bertz CT molecular complexity index is 971. The molecule has 0 saturated heterocycles. The summed E-state index contributed by atoms with van der Waals surface area (Å²) in [6.45, 7) is 9.26. The highest BCUT2D eigenvalue weighted by Gasteiger charge is 2.21. The largest absolute Gasteiger partial charge is 0.462 e. The van der Waals surface area contributed by atoms with Gasteiger partial charge in [-0.1, -0.05) is 30.0 Å². The normalized spacial score (nSPS) is 12.3. The van der Waals surface area contributed by atoms with Gasteiger partial charge in [-0.05, 0) is 44.4 Å². The van der Waals surface area contributed by atoms with E-state index in [4.69, 9.17) is 9.47 Å². The number of carbonyl (C=O) groups excluding carboxylic acids is 1. The number of benzene rings is 1. The van der Waals surface area contributed by atoms with Crippen molar-refractivity contribution in [2.45, 2.75) is 38.0 Å². The number of aryl methyl sites for hydroxylation is 2. The molecule has 2 aromatic heterocycles. The first-order chi connectivity index (χ1) is 13.5. The number of fused-ring (bicyclic) bond motifs is 1. The average molecular weight is 417 g/mol. The fraction of sp³-hybridized carbons (Fsp3) is 0.381. The Labute approximate surface area is 173 Å². The van der Waals surface area contributed by atoms with Gasteiger partial charge in [0.25, 0.3) is 0 Å². The van der Waals surface area contributed by atoms with Crippen molar-refractivity contribution in [2.75, 3.05) is 19.8 Å². The summed E-state index contributed by atoms with van der Waals surface area (Å²) in [5, 5.41) is 3.54. The molecule has 0 amide bonds. The minimum Gasteiger partial charge on any atom is -0.462 e. The zero-order valence-corrected chi connectivity index (χ0v) is 18.2. The Kier molecular flexibility index (Phi) is 7.04. The van der Waals surface area contributed by atoms with Gasteiger partial charge in [0.05, 0.1) is 12.0 Å². The molecule has 0 spiro atoms. The Hall–Kier alpha value is -1.96. The highest BCUT2D eigenvalue weighted by atomic mass is 32.2. The molecule has 28 heavy (non-hydrogen) atoms. The number of esters is 1. The minimum absolute atomic E-state index is 0.264. The molecule has 0 aliphatic heterocycles. The summed E-state index contributed by atoms with van der Waals surface area (Å²) in [5.41, 5.74) is 4.74. The molecule has 0 aliphatic carbocycles. The van der Waals surface area contributed by atoms with E-state index in [0.29, 0.717) is 13.2 Å². The third-order valence-corrected chi connectivity index (χ3v) is 6.41. The summed E-state index contributed by atoms with van der Waals surface area (Å²) in [5.74, 6) is -0.264. The number of hydrogen-bond acceptors (Lipinski definition) is 7. The van der Waals surface area contributed by atoms with Crippen LogP contribution in [0.15, 0.2) is 34.9 Å². The fourth-order valence-corrected chi connectivity index (χ4v) is 4.65. The van der Waals surface area contributed by atoms with Gasteiger partial charge in [0.15, 0.2) is 0 Å². The van der Waals surface area contributed by atoms with Crippen LogP contribution in [-0.4, -0.2) is 41.0 Å². The van der Waals surface area contributed by atoms with Gasteiger partial charge in [-0.2, -0.15) is 0 Å². The predicted molar refractivity (Wildman–Crippen MR) is 115 cm³/mol. The number of thioether (sulfide) groups is 1. The van der Waals surface area contributed by atoms with Gasteiger partial charge in [-0.25, -0.2) is 9.97 Å². The standard InChI is InChI=1S/C21H24N2O3S2/c1-5-25-8-9-26-21(24)15(4)28-20-18-17(11-27-19(18)22-12-23-20)16-7-6-13(2)14(3)10-16/h6-7,10-12,15H,5,8-9H2,1-4H3/t15-/m1/s1. The SMILES string of the molecule is CCOCCOC(=O)[C@@H](C)Sc1ncnc2scc(-c3ccc(C)c(C)c3)c12. The third kappa shape index (κ3) is 4.71. The van der Waals surface area contributed by atoms with E-state index in [1.165, 1.54) is 22.9 Å². The van der Waals surface area contributed by atoms with Crippen molar-refractivity contribution in [3.63, 3.8) is 0 Å². The van der Waals surface area contributed by atoms with Crippen LogP contribution in [0.25, 0.3) is 21.3 Å². The van der Waals surface area contributed by atoms with Crippen molar-refractivity contribution in [2.24, 2.45) is 0 Å². The second kappa shape index (κ2) is 9.49. The van der Waals surface area contributed by atoms with E-state index in [2.05, 4.69) is 47.4 Å². The molecule has 3 aromatic rings. The Morgan fingerprint density at radius 2 is 2.04 bits per heavy atom. The van der Waals surface area contributed by atoms with Crippen LogP contribution in [0.1, 0.15) is 25.0 Å². The van der Waals surface area contributed by atoms with Crippen LogP contribution in [0, 0.1) is 13.8 Å². The van der Waals surface area contributed by atoms with E-state index in [1.54, 1.807) is 17.7 Å². The molecular formula is C21H24N2O3S2. The summed E-state index contributed by atoms with van der Waals surface area (Å²) in [7, 11) is 0. The highest BCUT2D eigenvalue weighted by Crippen LogP contribution is 2.39. The highest BCUT2D eigenvalue weighted by molar-refractivity contribution is 8.00. The van der Waals surface area contributed by atoms with Crippen LogP contribution in [-0.2, 0) is 14.3 Å². The quantitative estimate of drug-likeness (QED) is 0.222. The Balaban J connectivity index is 1.84. The minimum atomic E-state index is -0.368. The summed E-state index contributed by atoms with van der Waals surface area (Å²) >= 11 is 3.00. The van der Waals surface area contributed by atoms with Crippen LogP contribution < -0.4 is 0 Å².